The number of hydrogen-bond acceptors (Lipinski definition) is 4. The largest absolute Gasteiger partial charge is 0.233 e. The van der Waals surface area contributed by atoms with E-state index in [4.69, 9.17) is 5.26 Å². The number of alkyl halides is 1. The van der Waals surface area contributed by atoms with Crippen LogP contribution in [-0.2, 0) is 0 Å². The number of nitrogens with zero attached hydrogens (tertiary/aromatic N) is 4. The molecule has 0 aliphatic heterocycles. The van der Waals surface area contributed by atoms with Gasteiger partial charge in [-0.05, 0) is 13.8 Å². The Morgan fingerprint density at radius 2 is 2.08 bits per heavy atom. The van der Waals surface area contributed by atoms with E-state index in [2.05, 4.69) is 37.2 Å². The number of aromatic nitrogens is 3. The predicted octanol–water partition coefficient (Wildman–Crippen LogP) is 1.49. The summed E-state index contributed by atoms with van der Waals surface area (Å²) < 4.78 is 0. The zero-order valence-electron chi connectivity index (χ0n) is 7.45. The van der Waals surface area contributed by atoms with E-state index in [1.807, 2.05) is 13.8 Å². The maximum Gasteiger partial charge on any atom is 0.169 e. The Kier molecular flexibility index (Phi) is 3.32. The van der Waals surface area contributed by atoms with Crippen molar-refractivity contribution in [3.05, 3.63) is 17.2 Å². The van der Waals surface area contributed by atoms with Crippen molar-refractivity contribution in [3.63, 3.8) is 0 Å². The average Bonchev–Trinajstić information content (AvgIpc) is 2.13. The summed E-state index contributed by atoms with van der Waals surface area (Å²) in [6, 6.07) is 2.10. The molecule has 0 spiro atoms. The molecule has 0 aromatic carbocycles. The topological polar surface area (TPSA) is 62.5 Å². The van der Waals surface area contributed by atoms with Crippen molar-refractivity contribution in [2.75, 3.05) is 5.33 Å². The molecule has 68 valence electrons. The first-order chi connectivity index (χ1) is 6.19. The Hall–Kier alpha value is -1.02. The highest BCUT2D eigenvalue weighted by Crippen LogP contribution is 2.12. The van der Waals surface area contributed by atoms with Crippen LogP contribution in [0.5, 0.6) is 0 Å². The predicted molar refractivity (Wildman–Crippen MR) is 51.4 cm³/mol. The number of hydrogen-bond donors (Lipinski definition) is 0. The fourth-order valence-corrected chi connectivity index (χ4v) is 1.22. The molecule has 0 saturated carbocycles. The summed E-state index contributed by atoms with van der Waals surface area (Å²) in [6.07, 6.45) is 0. The lowest BCUT2D eigenvalue weighted by molar-refractivity contribution is 0.771. The Morgan fingerprint density at radius 1 is 1.38 bits per heavy atom. The van der Waals surface area contributed by atoms with Crippen LogP contribution in [0.3, 0.4) is 0 Å². The molecule has 1 aromatic rings. The third-order valence-electron chi connectivity index (χ3n) is 1.73. The molecule has 0 radical (unpaired) electrons. The summed E-state index contributed by atoms with van der Waals surface area (Å²) in [4.78, 5) is 4.19. The van der Waals surface area contributed by atoms with Gasteiger partial charge in [-0.25, -0.2) is 4.98 Å². The first-order valence-electron chi connectivity index (χ1n) is 3.82. The lowest BCUT2D eigenvalue weighted by atomic mass is 10.2. The monoisotopic (exact) mass is 240 g/mol. The zero-order chi connectivity index (χ0) is 9.84. The van der Waals surface area contributed by atoms with Crippen LogP contribution in [0.4, 0.5) is 0 Å². The average molecular weight is 241 g/mol. The minimum Gasteiger partial charge on any atom is -0.233 e. The van der Waals surface area contributed by atoms with Gasteiger partial charge in [-0.1, -0.05) is 15.9 Å². The second-order valence-corrected chi connectivity index (χ2v) is 3.32. The normalized spacial score (nSPS) is 12.2. The third-order valence-corrected chi connectivity index (χ3v) is 2.38. The lowest BCUT2D eigenvalue weighted by Gasteiger charge is -2.04. The zero-order valence-corrected chi connectivity index (χ0v) is 9.04. The second-order valence-electron chi connectivity index (χ2n) is 2.68. The Labute approximate surface area is 85.1 Å². The van der Waals surface area contributed by atoms with Crippen LogP contribution in [-0.4, -0.2) is 20.5 Å². The minimum absolute atomic E-state index is 0.313. The summed E-state index contributed by atoms with van der Waals surface area (Å²) in [6.45, 7) is 3.70. The van der Waals surface area contributed by atoms with Gasteiger partial charge in [-0.2, -0.15) is 10.4 Å². The molecule has 1 unspecified atom stereocenters. The van der Waals surface area contributed by atoms with E-state index in [0.29, 0.717) is 11.2 Å². The van der Waals surface area contributed by atoms with E-state index in [1.54, 1.807) is 0 Å². The highest BCUT2D eigenvalue weighted by atomic mass is 79.9. The van der Waals surface area contributed by atoms with Crippen LogP contribution in [0, 0.1) is 25.2 Å². The summed E-state index contributed by atoms with van der Waals surface area (Å²) in [5.74, 6) is 0.175. The second kappa shape index (κ2) is 4.28. The van der Waals surface area contributed by atoms with E-state index in [0.717, 1.165) is 11.4 Å². The fourth-order valence-electron chi connectivity index (χ4n) is 0.783. The van der Waals surface area contributed by atoms with E-state index in [-0.39, 0.29) is 5.92 Å². The van der Waals surface area contributed by atoms with Crippen molar-refractivity contribution in [2.24, 2.45) is 0 Å². The van der Waals surface area contributed by atoms with Crippen molar-refractivity contribution in [1.82, 2.24) is 15.2 Å². The molecule has 1 atom stereocenters. The molecule has 5 heteroatoms. The molecule has 1 aromatic heterocycles. The van der Waals surface area contributed by atoms with Crippen molar-refractivity contribution in [3.8, 4) is 6.07 Å². The molecule has 0 aliphatic rings. The maximum atomic E-state index is 8.75. The van der Waals surface area contributed by atoms with Crippen LogP contribution in [0.25, 0.3) is 0 Å². The highest BCUT2D eigenvalue weighted by Gasteiger charge is 2.13. The molecule has 1 rings (SSSR count). The highest BCUT2D eigenvalue weighted by molar-refractivity contribution is 9.09. The molecule has 0 amide bonds. The molecule has 0 fully saturated rings. The molecule has 0 saturated heterocycles. The summed E-state index contributed by atoms with van der Waals surface area (Å²) in [5.41, 5.74) is 1.63. The Bertz CT molecular complexity index is 344. The van der Waals surface area contributed by atoms with Crippen LogP contribution in [0.2, 0.25) is 0 Å². The quantitative estimate of drug-likeness (QED) is 0.736. The standard InChI is InChI=1S/C8H9BrN4/c1-5-6(2)12-13-8(11-5)7(3-9)4-10/h7H,3H2,1-2H3. The first-order valence-corrected chi connectivity index (χ1v) is 4.94. The molecule has 13 heavy (non-hydrogen) atoms. The summed E-state index contributed by atoms with van der Waals surface area (Å²) >= 11 is 3.23. The van der Waals surface area contributed by atoms with Gasteiger partial charge < -0.3 is 0 Å². The third kappa shape index (κ3) is 2.22. The fraction of sp³-hybridized carbons (Fsp3) is 0.500. The van der Waals surface area contributed by atoms with E-state index < -0.39 is 0 Å². The van der Waals surface area contributed by atoms with Crippen molar-refractivity contribution >= 4 is 15.9 Å². The van der Waals surface area contributed by atoms with Gasteiger partial charge in [0.25, 0.3) is 0 Å². The number of nitriles is 1. The lowest BCUT2D eigenvalue weighted by Crippen LogP contribution is -2.08. The minimum atomic E-state index is -0.313. The van der Waals surface area contributed by atoms with Gasteiger partial charge in [0.2, 0.25) is 0 Å². The summed E-state index contributed by atoms with van der Waals surface area (Å²) in [5, 5.41) is 17.1. The van der Waals surface area contributed by atoms with Gasteiger partial charge in [-0.3, -0.25) is 0 Å². The van der Waals surface area contributed by atoms with E-state index in [9.17, 15) is 0 Å². The number of rotatable bonds is 2. The molecule has 0 aliphatic carbocycles. The van der Waals surface area contributed by atoms with Gasteiger partial charge in [0, 0.05) is 5.33 Å². The van der Waals surface area contributed by atoms with E-state index >= 15 is 0 Å². The molecule has 4 nitrogen and oxygen atoms in total. The van der Waals surface area contributed by atoms with Crippen LogP contribution < -0.4 is 0 Å². The molecule has 1 heterocycles. The molecular weight excluding hydrogens is 232 g/mol. The number of halogens is 1. The van der Waals surface area contributed by atoms with Crippen molar-refractivity contribution in [1.29, 1.82) is 5.26 Å². The van der Waals surface area contributed by atoms with Gasteiger partial charge in [0.05, 0.1) is 17.5 Å². The number of aryl methyl sites for hydroxylation is 2. The Balaban J connectivity index is 3.04. The SMILES string of the molecule is Cc1nnc(C(C#N)CBr)nc1C. The van der Waals surface area contributed by atoms with Crippen LogP contribution in [0.1, 0.15) is 23.1 Å². The van der Waals surface area contributed by atoms with Crippen molar-refractivity contribution < 1.29 is 0 Å². The first kappa shape index (κ1) is 10.1. The van der Waals surface area contributed by atoms with Gasteiger partial charge in [0.15, 0.2) is 5.82 Å². The maximum absolute atomic E-state index is 8.75. The van der Waals surface area contributed by atoms with Crippen LogP contribution in [0.15, 0.2) is 0 Å². The molecule has 0 N–H and O–H groups in total. The molecular formula is C8H9BrN4. The smallest absolute Gasteiger partial charge is 0.169 e. The van der Waals surface area contributed by atoms with Gasteiger partial charge >= 0.3 is 0 Å². The van der Waals surface area contributed by atoms with E-state index in [1.165, 1.54) is 0 Å². The van der Waals surface area contributed by atoms with Crippen LogP contribution >= 0.6 is 15.9 Å². The molecule has 0 bridgehead atoms. The van der Waals surface area contributed by atoms with Gasteiger partial charge in [-0.15, -0.1) is 5.10 Å². The Morgan fingerprint density at radius 3 is 2.54 bits per heavy atom. The van der Waals surface area contributed by atoms with Gasteiger partial charge in [0.1, 0.15) is 5.92 Å². The summed E-state index contributed by atoms with van der Waals surface area (Å²) in [7, 11) is 0. The van der Waals surface area contributed by atoms with Crippen molar-refractivity contribution in [2.45, 2.75) is 19.8 Å².